The Morgan fingerprint density at radius 2 is 1.68 bits per heavy atom. The van der Waals surface area contributed by atoms with Crippen molar-refractivity contribution < 1.29 is 14.1 Å². The third kappa shape index (κ3) is 2.60. The van der Waals surface area contributed by atoms with Crippen LogP contribution in [0.2, 0.25) is 0 Å². The van der Waals surface area contributed by atoms with Gasteiger partial charge in [-0.25, -0.2) is 0 Å². The van der Waals surface area contributed by atoms with Crippen molar-refractivity contribution in [2.24, 2.45) is 0 Å². The van der Waals surface area contributed by atoms with Gasteiger partial charge in [0.15, 0.2) is 0 Å². The topological polar surface area (TPSA) is 35.5 Å². The molecule has 102 valence electrons. The predicted octanol–water partition coefficient (Wildman–Crippen LogP) is 2.36. The monoisotopic (exact) mass is 260 g/mol. The van der Waals surface area contributed by atoms with Gasteiger partial charge in [0.2, 0.25) is 0 Å². The number of carbonyl (C=O) groups is 1. The highest BCUT2D eigenvalue weighted by Crippen LogP contribution is 2.36. The van der Waals surface area contributed by atoms with Crippen molar-refractivity contribution in [3.8, 4) is 0 Å². The second-order valence-electron chi connectivity index (χ2n) is 6.07. The molecule has 2 rings (SSSR count). The number of benzene rings is 1. The lowest BCUT2D eigenvalue weighted by Gasteiger charge is -2.32. The zero-order valence-corrected chi connectivity index (χ0v) is 12.3. The molecule has 1 saturated heterocycles. The van der Waals surface area contributed by atoms with Crippen LogP contribution in [0.5, 0.6) is 0 Å². The molecule has 0 spiro atoms. The zero-order valence-electron chi connectivity index (χ0n) is 12.3. The molecular weight excluding hydrogens is 239 g/mol. The van der Waals surface area contributed by atoms with E-state index in [9.17, 15) is 4.79 Å². The molecule has 0 atom stereocenters. The van der Waals surface area contributed by atoms with E-state index in [4.69, 9.17) is 9.31 Å². The van der Waals surface area contributed by atoms with Crippen LogP contribution < -0.4 is 5.46 Å². The summed E-state index contributed by atoms with van der Waals surface area (Å²) in [7, 11) is -0.407. The van der Waals surface area contributed by atoms with Gasteiger partial charge in [0, 0.05) is 5.56 Å². The van der Waals surface area contributed by atoms with Gasteiger partial charge in [-0.2, -0.15) is 0 Å². The second-order valence-corrected chi connectivity index (χ2v) is 6.07. The van der Waals surface area contributed by atoms with Crippen molar-refractivity contribution in [2.45, 2.75) is 52.2 Å². The Bertz CT molecular complexity index is 478. The van der Waals surface area contributed by atoms with Gasteiger partial charge < -0.3 is 9.31 Å². The average Bonchev–Trinajstić information content (AvgIpc) is 2.58. The second kappa shape index (κ2) is 4.76. The molecule has 0 bridgehead atoms. The number of carbonyl (C=O) groups excluding carboxylic acids is 1. The highest BCUT2D eigenvalue weighted by atomic mass is 16.7. The van der Waals surface area contributed by atoms with Gasteiger partial charge in [0.05, 0.1) is 11.2 Å². The fourth-order valence-corrected chi connectivity index (χ4v) is 2.13. The van der Waals surface area contributed by atoms with Crippen molar-refractivity contribution in [2.75, 3.05) is 0 Å². The molecule has 0 N–H and O–H groups in total. The largest absolute Gasteiger partial charge is 0.494 e. The summed E-state index contributed by atoms with van der Waals surface area (Å²) >= 11 is 0. The van der Waals surface area contributed by atoms with Gasteiger partial charge in [-0.05, 0) is 51.2 Å². The van der Waals surface area contributed by atoms with Crippen LogP contribution in [-0.2, 0) is 15.7 Å². The minimum atomic E-state index is -0.407. The summed E-state index contributed by atoms with van der Waals surface area (Å²) in [6, 6.07) is 5.80. The smallest absolute Gasteiger partial charge is 0.399 e. The SMILES string of the molecule is CCc1cc(C=O)cc(B2OC(C)(C)C(C)(C)O2)c1. The molecule has 0 radical (unpaired) electrons. The molecule has 1 aliphatic heterocycles. The highest BCUT2D eigenvalue weighted by Gasteiger charge is 2.51. The summed E-state index contributed by atoms with van der Waals surface area (Å²) in [5.74, 6) is 0. The van der Waals surface area contributed by atoms with E-state index in [1.807, 2.05) is 39.8 Å². The summed E-state index contributed by atoms with van der Waals surface area (Å²) < 4.78 is 12.0. The maximum absolute atomic E-state index is 11.0. The number of aldehydes is 1. The number of aryl methyl sites for hydroxylation is 1. The van der Waals surface area contributed by atoms with Crippen LogP contribution in [0.4, 0.5) is 0 Å². The normalized spacial score (nSPS) is 20.6. The van der Waals surface area contributed by atoms with Crippen molar-refractivity contribution in [3.05, 3.63) is 29.3 Å². The lowest BCUT2D eigenvalue weighted by molar-refractivity contribution is 0.00578. The van der Waals surface area contributed by atoms with Crippen molar-refractivity contribution in [1.82, 2.24) is 0 Å². The Balaban J connectivity index is 2.36. The Hall–Kier alpha value is -1.13. The van der Waals surface area contributed by atoms with E-state index in [0.717, 1.165) is 23.7 Å². The Morgan fingerprint density at radius 3 is 2.16 bits per heavy atom. The summed E-state index contributed by atoms with van der Waals surface area (Å²) in [5.41, 5.74) is 1.99. The lowest BCUT2D eigenvalue weighted by atomic mass is 9.77. The Kier molecular flexibility index (Phi) is 3.58. The van der Waals surface area contributed by atoms with Crippen molar-refractivity contribution in [3.63, 3.8) is 0 Å². The van der Waals surface area contributed by atoms with Gasteiger partial charge in [0.25, 0.3) is 0 Å². The third-order valence-corrected chi connectivity index (χ3v) is 4.11. The maximum atomic E-state index is 11.0. The average molecular weight is 260 g/mol. The first-order valence-electron chi connectivity index (χ1n) is 6.74. The van der Waals surface area contributed by atoms with Gasteiger partial charge in [0.1, 0.15) is 6.29 Å². The van der Waals surface area contributed by atoms with Crippen LogP contribution in [-0.4, -0.2) is 24.6 Å². The lowest BCUT2D eigenvalue weighted by Crippen LogP contribution is -2.41. The number of rotatable bonds is 3. The summed E-state index contributed by atoms with van der Waals surface area (Å²) in [6.45, 7) is 10.2. The minimum Gasteiger partial charge on any atom is -0.399 e. The van der Waals surface area contributed by atoms with Crippen molar-refractivity contribution >= 4 is 18.9 Å². The Morgan fingerprint density at radius 1 is 1.11 bits per heavy atom. The molecule has 0 aliphatic carbocycles. The molecule has 4 heteroatoms. The fourth-order valence-electron chi connectivity index (χ4n) is 2.13. The summed E-state index contributed by atoms with van der Waals surface area (Å²) in [6.07, 6.45) is 1.75. The van der Waals surface area contributed by atoms with Crippen LogP contribution in [0.25, 0.3) is 0 Å². The van der Waals surface area contributed by atoms with E-state index < -0.39 is 7.12 Å². The quantitative estimate of drug-likeness (QED) is 0.618. The van der Waals surface area contributed by atoms with Crippen LogP contribution >= 0.6 is 0 Å². The van der Waals surface area contributed by atoms with E-state index in [0.29, 0.717) is 5.56 Å². The van der Waals surface area contributed by atoms with Crippen LogP contribution in [0, 0.1) is 0 Å². The first-order chi connectivity index (χ1) is 8.79. The Labute approximate surface area is 115 Å². The standard InChI is InChI=1S/C15H21BO3/c1-6-11-7-12(10-17)9-13(8-11)16-18-14(2,3)15(4,5)19-16/h7-10H,6H2,1-5H3. The highest BCUT2D eigenvalue weighted by molar-refractivity contribution is 6.62. The predicted molar refractivity (Wildman–Crippen MR) is 76.9 cm³/mol. The van der Waals surface area contributed by atoms with Crippen LogP contribution in [0.3, 0.4) is 0 Å². The van der Waals surface area contributed by atoms with E-state index in [-0.39, 0.29) is 11.2 Å². The molecule has 0 amide bonds. The van der Waals surface area contributed by atoms with Crippen molar-refractivity contribution in [1.29, 1.82) is 0 Å². The van der Waals surface area contributed by atoms with E-state index in [1.54, 1.807) is 0 Å². The van der Waals surface area contributed by atoms with E-state index in [2.05, 4.69) is 13.0 Å². The molecule has 1 heterocycles. The van der Waals surface area contributed by atoms with E-state index in [1.165, 1.54) is 0 Å². The summed E-state index contributed by atoms with van der Waals surface area (Å²) in [5, 5.41) is 0. The molecule has 0 aromatic heterocycles. The number of hydrogen-bond acceptors (Lipinski definition) is 3. The molecule has 3 nitrogen and oxygen atoms in total. The van der Waals surface area contributed by atoms with Gasteiger partial charge >= 0.3 is 7.12 Å². The zero-order chi connectivity index (χ0) is 14.3. The molecule has 0 unspecified atom stereocenters. The molecule has 1 fully saturated rings. The first-order valence-corrected chi connectivity index (χ1v) is 6.74. The van der Waals surface area contributed by atoms with Crippen LogP contribution in [0.1, 0.15) is 50.5 Å². The minimum absolute atomic E-state index is 0.360. The van der Waals surface area contributed by atoms with E-state index >= 15 is 0 Å². The molecular formula is C15H21BO3. The molecule has 1 aromatic rings. The third-order valence-electron chi connectivity index (χ3n) is 4.11. The van der Waals surface area contributed by atoms with Gasteiger partial charge in [-0.3, -0.25) is 4.79 Å². The molecule has 1 aromatic carbocycles. The number of hydrogen-bond donors (Lipinski definition) is 0. The first kappa shape index (κ1) is 14.3. The maximum Gasteiger partial charge on any atom is 0.494 e. The molecule has 19 heavy (non-hydrogen) atoms. The van der Waals surface area contributed by atoms with Gasteiger partial charge in [-0.1, -0.05) is 19.1 Å². The fraction of sp³-hybridized carbons (Fsp3) is 0.533. The molecule has 0 saturated carbocycles. The molecule has 1 aliphatic rings. The van der Waals surface area contributed by atoms with Crippen LogP contribution in [0.15, 0.2) is 18.2 Å². The van der Waals surface area contributed by atoms with Gasteiger partial charge in [-0.15, -0.1) is 0 Å². The summed E-state index contributed by atoms with van der Waals surface area (Å²) in [4.78, 5) is 11.0.